The molecule has 166 valence electrons. The molecule has 0 saturated carbocycles. The average Bonchev–Trinajstić information content (AvgIpc) is 2.85. The van der Waals surface area contributed by atoms with Gasteiger partial charge >= 0.3 is 0 Å². The number of ketones is 1. The zero-order valence-electron chi connectivity index (χ0n) is 18.8. The largest absolute Gasteiger partial charge is 0.363 e. The highest BCUT2D eigenvalue weighted by Crippen LogP contribution is 2.23. The molecule has 33 heavy (non-hydrogen) atoms. The van der Waals surface area contributed by atoms with Gasteiger partial charge in [0.25, 0.3) is 0 Å². The molecule has 0 fully saturated rings. The third kappa shape index (κ3) is 6.05. The number of benzene rings is 4. The number of Topliss-reactive ketones (excluding diaryl/α,β-unsaturated/α-hetero) is 1. The van der Waals surface area contributed by atoms with Crippen LogP contribution < -0.4 is 4.90 Å². The average molecular weight is 455 g/mol. The van der Waals surface area contributed by atoms with Gasteiger partial charge in [0.2, 0.25) is 5.78 Å². The number of carbonyl (C=O) groups is 1. The van der Waals surface area contributed by atoms with E-state index in [1.54, 1.807) is 6.26 Å². The van der Waals surface area contributed by atoms with Crippen molar-refractivity contribution in [2.45, 2.75) is 18.0 Å². The van der Waals surface area contributed by atoms with Gasteiger partial charge in [0.1, 0.15) is 16.2 Å². The van der Waals surface area contributed by atoms with Crippen LogP contribution in [0.2, 0.25) is 0 Å². The predicted octanol–water partition coefficient (Wildman–Crippen LogP) is 6.26. The summed E-state index contributed by atoms with van der Waals surface area (Å²) in [5.74, 6) is -0.0933. The van der Waals surface area contributed by atoms with Crippen LogP contribution in [0.25, 0.3) is 0 Å². The Morgan fingerprint density at radius 2 is 1.12 bits per heavy atom. The minimum Gasteiger partial charge on any atom is -0.363 e. The third-order valence-electron chi connectivity index (χ3n) is 5.64. The van der Waals surface area contributed by atoms with Crippen molar-refractivity contribution < 1.29 is 9.00 Å². The Hall–Kier alpha value is -3.50. The molecule has 3 nitrogen and oxygen atoms in total. The summed E-state index contributed by atoms with van der Waals surface area (Å²) in [6.07, 6.45) is 1.66. The molecule has 0 aromatic heterocycles. The summed E-state index contributed by atoms with van der Waals surface area (Å²) >= 11 is 0. The van der Waals surface area contributed by atoms with E-state index in [2.05, 4.69) is 29.2 Å². The van der Waals surface area contributed by atoms with Gasteiger partial charge in [-0.2, -0.15) is 0 Å². The van der Waals surface area contributed by atoms with Crippen molar-refractivity contribution in [1.82, 2.24) is 0 Å². The molecule has 0 heterocycles. The van der Waals surface area contributed by atoms with Gasteiger partial charge in [-0.25, -0.2) is 0 Å². The maximum atomic E-state index is 13.1. The molecular formula is C29H28NO2S+. The van der Waals surface area contributed by atoms with E-state index in [9.17, 15) is 9.00 Å². The van der Waals surface area contributed by atoms with Crippen molar-refractivity contribution in [2.24, 2.45) is 0 Å². The Labute approximate surface area is 197 Å². The fraction of sp³-hybridized carbons (Fsp3) is 0.138. The topological polar surface area (TPSA) is 37.4 Å². The molecule has 0 spiro atoms. The Morgan fingerprint density at radius 3 is 1.61 bits per heavy atom. The van der Waals surface area contributed by atoms with E-state index in [-0.39, 0.29) is 11.5 Å². The Kier molecular flexibility index (Phi) is 7.16. The highest BCUT2D eigenvalue weighted by molar-refractivity contribution is 8.03. The monoisotopic (exact) mass is 454 g/mol. The smallest absolute Gasteiger partial charge is 0.212 e. The summed E-state index contributed by atoms with van der Waals surface area (Å²) in [6, 6.07) is 37.6. The predicted molar refractivity (Wildman–Crippen MR) is 137 cm³/mol. The molecule has 4 aromatic rings. The molecule has 4 rings (SSSR count). The van der Waals surface area contributed by atoms with Crippen LogP contribution in [0.5, 0.6) is 0 Å². The lowest BCUT2D eigenvalue weighted by molar-refractivity contribution is 0.102. The standard InChI is InChI=1S/C29H28NO2S/c1-33(32,28-15-9-4-10-16-28)23-29(31)26-17-19-27(20-18-26)30(21-24-11-5-2-6-12-24)22-25-13-7-3-8-14-25/h2-20H,21-23H2,1H3/q+1. The Morgan fingerprint density at radius 1 is 0.667 bits per heavy atom. The molecule has 4 heteroatoms. The fourth-order valence-electron chi connectivity index (χ4n) is 3.83. The fourth-order valence-corrected chi connectivity index (χ4v) is 5.40. The number of hydrogen-bond donors (Lipinski definition) is 0. The molecular weight excluding hydrogens is 426 g/mol. The van der Waals surface area contributed by atoms with Crippen molar-refractivity contribution in [3.63, 3.8) is 0 Å². The van der Waals surface area contributed by atoms with E-state index in [0.717, 1.165) is 18.8 Å². The van der Waals surface area contributed by atoms with Gasteiger partial charge in [-0.3, -0.25) is 4.79 Å². The van der Waals surface area contributed by atoms with Gasteiger partial charge in [-0.05, 0) is 47.5 Å². The normalized spacial score (nSPS) is 12.6. The van der Waals surface area contributed by atoms with Crippen LogP contribution in [0, 0.1) is 0 Å². The molecule has 0 amide bonds. The van der Waals surface area contributed by atoms with E-state index in [1.807, 2.05) is 91.0 Å². The summed E-state index contributed by atoms with van der Waals surface area (Å²) in [5.41, 5.74) is 4.08. The first-order valence-corrected chi connectivity index (χ1v) is 13.1. The van der Waals surface area contributed by atoms with Crippen LogP contribution in [0.3, 0.4) is 0 Å². The molecule has 1 unspecified atom stereocenters. The van der Waals surface area contributed by atoms with E-state index in [0.29, 0.717) is 10.5 Å². The molecule has 4 aromatic carbocycles. The number of carbonyl (C=O) groups excluding carboxylic acids is 1. The molecule has 0 N–H and O–H groups in total. The van der Waals surface area contributed by atoms with Crippen molar-refractivity contribution >= 4 is 21.4 Å². The second kappa shape index (κ2) is 10.4. The second-order valence-corrected chi connectivity index (χ2v) is 11.0. The molecule has 0 aliphatic rings. The van der Waals surface area contributed by atoms with Crippen molar-refractivity contribution in [3.05, 3.63) is 132 Å². The number of hydrogen-bond acceptors (Lipinski definition) is 3. The molecule has 0 aliphatic heterocycles. The number of rotatable bonds is 9. The van der Waals surface area contributed by atoms with Crippen LogP contribution in [-0.2, 0) is 27.2 Å². The minimum atomic E-state index is -2.43. The lowest BCUT2D eigenvalue weighted by Crippen LogP contribution is -2.23. The van der Waals surface area contributed by atoms with Gasteiger partial charge in [0.15, 0.2) is 10.6 Å². The van der Waals surface area contributed by atoms with Gasteiger partial charge < -0.3 is 4.90 Å². The molecule has 0 saturated heterocycles. The molecule has 0 radical (unpaired) electrons. The quantitative estimate of drug-likeness (QED) is 0.221. The van der Waals surface area contributed by atoms with Crippen LogP contribution in [-0.4, -0.2) is 17.8 Å². The van der Waals surface area contributed by atoms with E-state index in [4.69, 9.17) is 0 Å². The molecule has 1 atom stereocenters. The van der Waals surface area contributed by atoms with Crippen LogP contribution >= 0.6 is 0 Å². The highest BCUT2D eigenvalue weighted by Gasteiger charge is 2.29. The first-order valence-electron chi connectivity index (χ1n) is 11.0. The zero-order valence-corrected chi connectivity index (χ0v) is 19.6. The summed E-state index contributed by atoms with van der Waals surface area (Å²) in [6.45, 7) is 1.53. The SMILES string of the molecule is C[S+](=O)(CC(=O)c1ccc(N(Cc2ccccc2)Cc2ccccc2)cc1)c1ccccc1. The van der Waals surface area contributed by atoms with Gasteiger partial charge in [0, 0.05) is 24.3 Å². The lowest BCUT2D eigenvalue weighted by Gasteiger charge is -2.25. The minimum absolute atomic E-state index is 0.00804. The van der Waals surface area contributed by atoms with E-state index in [1.165, 1.54) is 11.1 Å². The number of nitrogens with zero attached hydrogens (tertiary/aromatic N) is 1. The number of anilines is 1. The summed E-state index contributed by atoms with van der Waals surface area (Å²) in [5, 5.41) is 0. The van der Waals surface area contributed by atoms with Crippen molar-refractivity contribution in [2.75, 3.05) is 16.9 Å². The summed E-state index contributed by atoms with van der Waals surface area (Å²) in [4.78, 5) is 15.9. The van der Waals surface area contributed by atoms with Gasteiger partial charge in [0.05, 0.1) is 0 Å². The highest BCUT2D eigenvalue weighted by atomic mass is 32.2. The van der Waals surface area contributed by atoms with Crippen LogP contribution in [0.15, 0.2) is 120 Å². The second-order valence-electron chi connectivity index (χ2n) is 8.26. The first-order chi connectivity index (χ1) is 16.0. The van der Waals surface area contributed by atoms with E-state index < -0.39 is 9.93 Å². The lowest BCUT2D eigenvalue weighted by atomic mass is 10.1. The van der Waals surface area contributed by atoms with Crippen LogP contribution in [0.1, 0.15) is 21.5 Å². The maximum absolute atomic E-state index is 13.1. The summed E-state index contributed by atoms with van der Waals surface area (Å²) in [7, 11) is -2.43. The molecule has 0 aliphatic carbocycles. The maximum Gasteiger partial charge on any atom is 0.212 e. The zero-order chi connectivity index (χ0) is 23.1. The van der Waals surface area contributed by atoms with Gasteiger partial charge in [-0.1, -0.05) is 83.1 Å². The Balaban J connectivity index is 1.53. The molecule has 0 bridgehead atoms. The van der Waals surface area contributed by atoms with Gasteiger partial charge in [-0.15, -0.1) is 0 Å². The third-order valence-corrected chi connectivity index (χ3v) is 7.72. The first kappa shape index (κ1) is 22.7. The summed E-state index contributed by atoms with van der Waals surface area (Å²) < 4.78 is 13.1. The van der Waals surface area contributed by atoms with Crippen molar-refractivity contribution in [3.8, 4) is 0 Å². The van der Waals surface area contributed by atoms with Crippen molar-refractivity contribution in [1.29, 1.82) is 0 Å². The van der Waals surface area contributed by atoms with Crippen LogP contribution in [0.4, 0.5) is 5.69 Å². The van der Waals surface area contributed by atoms with E-state index >= 15 is 0 Å². The Bertz CT molecular complexity index is 1180.